The summed E-state index contributed by atoms with van der Waals surface area (Å²) < 4.78 is 0. The predicted octanol–water partition coefficient (Wildman–Crippen LogP) is -0.665. The third-order valence-corrected chi connectivity index (χ3v) is 0.367. The highest BCUT2D eigenvalue weighted by Gasteiger charge is 1.58. The van der Waals surface area contributed by atoms with E-state index in [0.717, 1.165) is 0 Å². The Morgan fingerprint density at radius 2 is 2.50 bits per heavy atom. The van der Waals surface area contributed by atoms with Gasteiger partial charge in [0.1, 0.15) is 0 Å². The third-order valence-electron chi connectivity index (χ3n) is 0.367. The molecule has 1 N–H and O–H groups in total. The van der Waals surface area contributed by atoms with Crippen LogP contribution in [0.25, 0.3) is 0 Å². The van der Waals surface area contributed by atoms with Crippen LogP contribution in [0.4, 0.5) is 0 Å². The van der Waals surface area contributed by atoms with Crippen LogP contribution in [0.2, 0.25) is 0 Å². The van der Waals surface area contributed by atoms with Crippen molar-refractivity contribution in [2.75, 3.05) is 13.6 Å². The van der Waals surface area contributed by atoms with E-state index in [4.69, 9.17) is 7.85 Å². The summed E-state index contributed by atoms with van der Waals surface area (Å²) in [6, 6.07) is 0. The molecule has 2 heteroatoms. The second kappa shape index (κ2) is 4.58. The molecule has 0 amide bonds. The molecule has 0 aromatic rings. The van der Waals surface area contributed by atoms with E-state index in [0.29, 0.717) is 6.54 Å². The van der Waals surface area contributed by atoms with Gasteiger partial charge in [0, 0.05) is 0 Å². The first-order valence-corrected chi connectivity index (χ1v) is 1.75. The molecule has 0 aromatic heterocycles. The van der Waals surface area contributed by atoms with Crippen molar-refractivity contribution in [2.24, 2.45) is 0 Å². The molecule has 0 aromatic carbocycles. The van der Waals surface area contributed by atoms with Crippen LogP contribution in [0, 0.1) is 11.7 Å². The van der Waals surface area contributed by atoms with Gasteiger partial charge in [-0.05, 0) is 7.05 Å². The van der Waals surface area contributed by atoms with Crippen molar-refractivity contribution in [3.63, 3.8) is 0 Å². The first-order valence-electron chi connectivity index (χ1n) is 1.75. The Morgan fingerprint density at radius 1 is 1.83 bits per heavy atom. The van der Waals surface area contributed by atoms with Crippen molar-refractivity contribution < 1.29 is 0 Å². The molecule has 0 bridgehead atoms. The molecule has 0 saturated heterocycles. The van der Waals surface area contributed by atoms with Crippen molar-refractivity contribution in [1.82, 2.24) is 5.32 Å². The standard InChI is InChI=1S/C4H6BN/c1-6-4-2-3-5/h6H,4H2,1H3. The van der Waals surface area contributed by atoms with Crippen molar-refractivity contribution in [2.45, 2.75) is 0 Å². The van der Waals surface area contributed by atoms with Crippen molar-refractivity contribution in [3.8, 4) is 11.7 Å². The average Bonchev–Trinajstić information content (AvgIpc) is 1.61. The van der Waals surface area contributed by atoms with Crippen LogP contribution in [-0.2, 0) is 0 Å². The second-order valence-corrected chi connectivity index (χ2v) is 0.851. The quantitative estimate of drug-likeness (QED) is 0.325. The van der Waals surface area contributed by atoms with Crippen LogP contribution in [0.3, 0.4) is 0 Å². The van der Waals surface area contributed by atoms with Gasteiger partial charge in [0.25, 0.3) is 0 Å². The predicted molar refractivity (Wildman–Crippen MR) is 27.5 cm³/mol. The molecular weight excluding hydrogens is 72.9 g/mol. The molecule has 30 valence electrons. The van der Waals surface area contributed by atoms with Crippen LogP contribution in [0.5, 0.6) is 0 Å². The lowest BCUT2D eigenvalue weighted by Gasteiger charge is -1.78. The van der Waals surface area contributed by atoms with E-state index in [1.54, 1.807) is 0 Å². The summed E-state index contributed by atoms with van der Waals surface area (Å²) in [6.45, 7) is 0.677. The van der Waals surface area contributed by atoms with Crippen LogP contribution < -0.4 is 5.32 Å². The van der Waals surface area contributed by atoms with Crippen LogP contribution >= 0.6 is 0 Å². The van der Waals surface area contributed by atoms with E-state index in [1.165, 1.54) is 0 Å². The van der Waals surface area contributed by atoms with Crippen molar-refractivity contribution >= 4 is 7.85 Å². The maximum absolute atomic E-state index is 4.81. The normalized spacial score (nSPS) is 6.17. The van der Waals surface area contributed by atoms with Gasteiger partial charge in [-0.3, -0.25) is 0 Å². The van der Waals surface area contributed by atoms with E-state index in [2.05, 4.69) is 17.1 Å². The molecule has 0 rings (SSSR count). The SMILES string of the molecule is [B]C#CCNC. The maximum Gasteiger partial charge on any atom is 0.187 e. The Bertz CT molecular complexity index is 69.4. The van der Waals surface area contributed by atoms with E-state index in [9.17, 15) is 0 Å². The monoisotopic (exact) mass is 79.1 g/mol. The summed E-state index contributed by atoms with van der Waals surface area (Å²) in [4.78, 5) is 0. The molecule has 0 fully saturated rings. The van der Waals surface area contributed by atoms with Crippen LogP contribution in [0.15, 0.2) is 0 Å². The average molecular weight is 78.9 g/mol. The van der Waals surface area contributed by atoms with Crippen LogP contribution in [-0.4, -0.2) is 21.4 Å². The summed E-state index contributed by atoms with van der Waals surface area (Å²) in [5.74, 6) is 4.87. The van der Waals surface area contributed by atoms with Crippen molar-refractivity contribution in [3.05, 3.63) is 0 Å². The zero-order valence-electron chi connectivity index (χ0n) is 3.78. The van der Waals surface area contributed by atoms with E-state index < -0.39 is 0 Å². The lowest BCUT2D eigenvalue weighted by molar-refractivity contribution is 0.938. The molecule has 0 spiro atoms. The zero-order valence-corrected chi connectivity index (χ0v) is 3.78. The topological polar surface area (TPSA) is 12.0 Å². The van der Waals surface area contributed by atoms with Crippen LogP contribution in [0.1, 0.15) is 0 Å². The van der Waals surface area contributed by atoms with Gasteiger partial charge in [0.05, 0.1) is 6.54 Å². The number of nitrogens with one attached hydrogen (secondary N) is 1. The van der Waals surface area contributed by atoms with Gasteiger partial charge in [-0.2, -0.15) is 5.82 Å². The number of hydrogen-bond acceptors (Lipinski definition) is 1. The Hall–Kier alpha value is -0.415. The molecule has 0 saturated carbocycles. The fraction of sp³-hybridized carbons (Fsp3) is 0.500. The third kappa shape index (κ3) is 3.58. The second-order valence-electron chi connectivity index (χ2n) is 0.851. The van der Waals surface area contributed by atoms with Gasteiger partial charge >= 0.3 is 0 Å². The van der Waals surface area contributed by atoms with Crippen molar-refractivity contribution in [1.29, 1.82) is 0 Å². The molecule has 6 heavy (non-hydrogen) atoms. The smallest absolute Gasteiger partial charge is 0.187 e. The maximum atomic E-state index is 4.81. The number of rotatable bonds is 1. The van der Waals surface area contributed by atoms with Gasteiger partial charge in [-0.1, -0.05) is 0 Å². The van der Waals surface area contributed by atoms with Gasteiger partial charge in [0.15, 0.2) is 7.85 Å². The molecule has 2 radical (unpaired) electrons. The highest BCUT2D eigenvalue weighted by Crippen LogP contribution is 1.42. The lowest BCUT2D eigenvalue weighted by Crippen LogP contribution is -2.04. The molecular formula is C4H6BN. The highest BCUT2D eigenvalue weighted by molar-refractivity contribution is 6.22. The fourth-order valence-corrected chi connectivity index (χ4v) is 0.139. The molecule has 0 heterocycles. The van der Waals surface area contributed by atoms with Gasteiger partial charge in [0.2, 0.25) is 0 Å². The molecule has 0 aliphatic carbocycles. The minimum atomic E-state index is 0.677. The Kier molecular flexibility index (Phi) is 4.27. The molecule has 0 unspecified atom stereocenters. The molecule has 0 aliphatic heterocycles. The largest absolute Gasteiger partial charge is 0.309 e. The van der Waals surface area contributed by atoms with Gasteiger partial charge < -0.3 is 5.32 Å². The Balaban J connectivity index is 2.79. The highest BCUT2D eigenvalue weighted by atomic mass is 14.8. The summed E-state index contributed by atoms with van der Waals surface area (Å²) in [7, 11) is 6.64. The summed E-state index contributed by atoms with van der Waals surface area (Å²) in [6.07, 6.45) is 0. The lowest BCUT2D eigenvalue weighted by atomic mass is 10.2. The van der Waals surface area contributed by atoms with Gasteiger partial charge in [-0.15, -0.1) is 5.92 Å². The minimum Gasteiger partial charge on any atom is -0.309 e. The minimum absolute atomic E-state index is 0.677. The van der Waals surface area contributed by atoms with Gasteiger partial charge in [-0.25, -0.2) is 0 Å². The zero-order chi connectivity index (χ0) is 4.83. The van der Waals surface area contributed by atoms with E-state index >= 15 is 0 Å². The Labute approximate surface area is 39.5 Å². The first-order chi connectivity index (χ1) is 2.91. The fourth-order valence-electron chi connectivity index (χ4n) is 0.139. The van der Waals surface area contributed by atoms with E-state index in [1.807, 2.05) is 7.05 Å². The number of hydrogen-bond donors (Lipinski definition) is 1. The molecule has 1 nitrogen and oxygen atoms in total. The summed E-state index contributed by atoms with van der Waals surface area (Å²) in [5.41, 5.74) is 0. The first kappa shape index (κ1) is 5.58. The summed E-state index contributed by atoms with van der Waals surface area (Å²) >= 11 is 0. The molecule has 0 atom stereocenters. The Morgan fingerprint density at radius 3 is 2.67 bits per heavy atom. The molecule has 0 aliphatic rings. The summed E-state index contributed by atoms with van der Waals surface area (Å²) in [5, 5.41) is 2.82. The van der Waals surface area contributed by atoms with E-state index in [-0.39, 0.29) is 0 Å².